The fourth-order valence-electron chi connectivity index (χ4n) is 11.1. The molecule has 2 heteroatoms. The molecular weight excluding hydrogens is 849 g/mol. The second-order valence-corrected chi connectivity index (χ2v) is 20.6. The van der Waals surface area contributed by atoms with Crippen molar-refractivity contribution < 1.29 is 9.53 Å². The molecule has 0 saturated heterocycles. The van der Waals surface area contributed by atoms with Crippen LogP contribution in [0.2, 0.25) is 0 Å². The lowest BCUT2D eigenvalue weighted by atomic mass is 9.72. The SMILES string of the molecule is C.CCC(=O)OC(C)(C)C.Cc1cc(C)c2cc1C(c1ccccc1)c1cc(c(C)cc1C)C(c1ccccc1)c1cc(c(C)cc1C)C(c1ccccc1)c1cc(c(C)cc1C)C2c1ccccc1. The number of hydrogen-bond acceptors (Lipinski definition) is 2. The van der Waals surface area contributed by atoms with Crippen molar-refractivity contribution in [2.24, 2.45) is 0 Å². The maximum absolute atomic E-state index is 10.6. The third-order valence-corrected chi connectivity index (χ3v) is 14.3. The van der Waals surface area contributed by atoms with Crippen molar-refractivity contribution >= 4 is 5.97 Å². The van der Waals surface area contributed by atoms with E-state index >= 15 is 0 Å². The Bertz CT molecular complexity index is 2590. The molecule has 8 bridgehead atoms. The van der Waals surface area contributed by atoms with Gasteiger partial charge in [0, 0.05) is 30.1 Å². The Morgan fingerprint density at radius 2 is 0.543 bits per heavy atom. The van der Waals surface area contributed by atoms with Gasteiger partial charge in [0.05, 0.1) is 0 Å². The Kier molecular flexibility index (Phi) is 15.7. The molecule has 8 aromatic carbocycles. The molecule has 2 nitrogen and oxygen atoms in total. The van der Waals surface area contributed by atoms with Crippen molar-refractivity contribution in [1.82, 2.24) is 0 Å². The summed E-state index contributed by atoms with van der Waals surface area (Å²) >= 11 is 0. The van der Waals surface area contributed by atoms with Crippen molar-refractivity contribution in [3.8, 4) is 0 Å². The number of esters is 1. The zero-order valence-electron chi connectivity index (χ0n) is 43.0. The van der Waals surface area contributed by atoms with E-state index in [0.29, 0.717) is 6.42 Å². The first-order valence-electron chi connectivity index (χ1n) is 24.9. The maximum atomic E-state index is 10.6. The fourth-order valence-corrected chi connectivity index (χ4v) is 11.1. The van der Waals surface area contributed by atoms with E-state index in [-0.39, 0.29) is 42.7 Å². The number of carbonyl (C=O) groups is 1. The first-order chi connectivity index (χ1) is 33.0. The summed E-state index contributed by atoms with van der Waals surface area (Å²) in [6, 6.07) is 65.1. The summed E-state index contributed by atoms with van der Waals surface area (Å²) in [5.74, 6) is 0.0207. The summed E-state index contributed by atoms with van der Waals surface area (Å²) in [6.07, 6.45) is 0.456. The first kappa shape index (κ1) is 51.1. The smallest absolute Gasteiger partial charge is 0.306 e. The van der Waals surface area contributed by atoms with Crippen LogP contribution in [0.25, 0.3) is 0 Å². The van der Waals surface area contributed by atoms with Crippen LogP contribution in [0, 0.1) is 55.4 Å². The van der Waals surface area contributed by atoms with Crippen molar-refractivity contribution in [3.63, 3.8) is 0 Å². The van der Waals surface area contributed by atoms with Crippen LogP contribution in [0.5, 0.6) is 0 Å². The van der Waals surface area contributed by atoms with E-state index in [9.17, 15) is 4.79 Å². The van der Waals surface area contributed by atoms with Gasteiger partial charge in [0.1, 0.15) is 5.60 Å². The minimum absolute atomic E-state index is 0. The molecule has 0 aliphatic heterocycles. The van der Waals surface area contributed by atoms with Crippen molar-refractivity contribution in [1.29, 1.82) is 0 Å². The molecule has 0 amide bonds. The molecule has 9 rings (SSSR count). The van der Waals surface area contributed by atoms with Gasteiger partial charge in [-0.25, -0.2) is 0 Å². The number of carbonyl (C=O) groups excluding carboxylic acids is 1. The molecule has 358 valence electrons. The molecule has 0 N–H and O–H groups in total. The van der Waals surface area contributed by atoms with Crippen LogP contribution < -0.4 is 0 Å². The summed E-state index contributed by atoms with van der Waals surface area (Å²) in [7, 11) is 0. The highest BCUT2D eigenvalue weighted by atomic mass is 16.6. The van der Waals surface area contributed by atoms with Crippen LogP contribution in [-0.2, 0) is 9.53 Å². The van der Waals surface area contributed by atoms with Gasteiger partial charge in [0.2, 0.25) is 0 Å². The second kappa shape index (κ2) is 21.5. The third kappa shape index (κ3) is 10.7. The molecule has 70 heavy (non-hydrogen) atoms. The van der Waals surface area contributed by atoms with Gasteiger partial charge < -0.3 is 4.74 Å². The predicted molar refractivity (Wildman–Crippen MR) is 296 cm³/mol. The Morgan fingerprint density at radius 3 is 0.686 bits per heavy atom. The fraction of sp³-hybridized carbons (Fsp3) is 0.279. The van der Waals surface area contributed by atoms with Crippen LogP contribution in [0.4, 0.5) is 0 Å². The van der Waals surface area contributed by atoms with E-state index in [1.54, 1.807) is 6.92 Å². The third-order valence-electron chi connectivity index (χ3n) is 14.3. The highest BCUT2D eigenvalue weighted by molar-refractivity contribution is 5.69. The Labute approximate surface area is 420 Å². The molecule has 1 aliphatic rings. The van der Waals surface area contributed by atoms with Crippen LogP contribution in [0.15, 0.2) is 170 Å². The Hall–Kier alpha value is -6.77. The van der Waals surface area contributed by atoms with E-state index in [2.05, 4.69) is 225 Å². The van der Waals surface area contributed by atoms with Gasteiger partial charge in [-0.15, -0.1) is 0 Å². The van der Waals surface area contributed by atoms with Crippen molar-refractivity contribution in [2.75, 3.05) is 0 Å². The van der Waals surface area contributed by atoms with Gasteiger partial charge in [-0.3, -0.25) is 4.79 Å². The highest BCUT2D eigenvalue weighted by Gasteiger charge is 2.32. The number of hydrogen-bond donors (Lipinski definition) is 0. The minimum Gasteiger partial charge on any atom is -0.460 e. The zero-order valence-corrected chi connectivity index (χ0v) is 43.0. The molecule has 0 heterocycles. The maximum Gasteiger partial charge on any atom is 0.306 e. The zero-order chi connectivity index (χ0) is 49.1. The normalized spacial score (nSPS) is 16.3. The summed E-state index contributed by atoms with van der Waals surface area (Å²) < 4.78 is 4.95. The van der Waals surface area contributed by atoms with E-state index in [4.69, 9.17) is 4.74 Å². The molecular formula is C68H74O2. The average Bonchev–Trinajstić information content (AvgIpc) is 3.32. The van der Waals surface area contributed by atoms with Gasteiger partial charge in [-0.1, -0.05) is 184 Å². The van der Waals surface area contributed by atoms with Crippen LogP contribution in [-0.4, -0.2) is 11.6 Å². The average molecular weight is 923 g/mol. The minimum atomic E-state index is -0.326. The van der Waals surface area contributed by atoms with Crippen LogP contribution >= 0.6 is 0 Å². The first-order valence-corrected chi connectivity index (χ1v) is 24.9. The topological polar surface area (TPSA) is 26.3 Å². The number of benzene rings is 8. The lowest BCUT2D eigenvalue weighted by Crippen LogP contribution is -2.23. The molecule has 0 spiro atoms. The molecule has 0 aromatic heterocycles. The summed E-state index contributed by atoms with van der Waals surface area (Å²) in [6.45, 7) is 26.0. The summed E-state index contributed by atoms with van der Waals surface area (Å²) in [5.41, 5.74) is 26.4. The standard InChI is InChI=1S/C60H56.C7H14O2.CH4/c1-37-29-38(2)50-33-49(37)57(45-21-13-9-14-22-45)51-34-52(40(4)30-39(51)3)59(47-25-17-11-18-26-47)55-36-56(44(8)32-43(55)7)60(48-27-19-12-20-28-48)54-35-53(41(5)31-42(54)6)58(50)46-23-15-10-16-24-46;1-5-6(8)9-7(2,3)4;/h9-36,57-60H,1-8H3;5H2,1-4H3;1H4. The lowest BCUT2D eigenvalue weighted by Gasteiger charge is -2.32. The monoisotopic (exact) mass is 923 g/mol. The van der Waals surface area contributed by atoms with Crippen LogP contribution in [0.3, 0.4) is 0 Å². The Balaban J connectivity index is 0.000000658. The van der Waals surface area contributed by atoms with Crippen LogP contribution in [0.1, 0.15) is 176 Å². The molecule has 0 saturated carbocycles. The van der Waals surface area contributed by atoms with Gasteiger partial charge in [-0.2, -0.15) is 0 Å². The predicted octanol–water partition coefficient (Wildman–Crippen LogP) is 17.6. The van der Waals surface area contributed by atoms with Crippen molar-refractivity contribution in [2.45, 2.75) is 126 Å². The molecule has 0 radical (unpaired) electrons. The molecule has 1 aliphatic carbocycles. The molecule has 0 atom stereocenters. The van der Waals surface area contributed by atoms with Gasteiger partial charge in [-0.05, 0) is 187 Å². The second-order valence-electron chi connectivity index (χ2n) is 20.6. The number of aryl methyl sites for hydroxylation is 8. The van der Waals surface area contributed by atoms with Gasteiger partial charge in [0.15, 0.2) is 0 Å². The summed E-state index contributed by atoms with van der Waals surface area (Å²) in [4.78, 5) is 10.6. The van der Waals surface area contributed by atoms with E-state index in [0.717, 1.165) is 0 Å². The number of fused-ring (bicyclic) bond motifs is 8. The van der Waals surface area contributed by atoms with E-state index in [1.165, 1.54) is 111 Å². The van der Waals surface area contributed by atoms with E-state index in [1.807, 2.05) is 20.8 Å². The van der Waals surface area contributed by atoms with Crippen molar-refractivity contribution in [3.05, 3.63) is 281 Å². The van der Waals surface area contributed by atoms with Gasteiger partial charge >= 0.3 is 5.97 Å². The lowest BCUT2D eigenvalue weighted by molar-refractivity contribution is -0.154. The number of ether oxygens (including phenoxy) is 1. The van der Waals surface area contributed by atoms with Gasteiger partial charge in [0.25, 0.3) is 0 Å². The largest absolute Gasteiger partial charge is 0.460 e. The highest BCUT2D eigenvalue weighted by Crippen LogP contribution is 2.47. The Morgan fingerprint density at radius 1 is 0.357 bits per heavy atom. The number of rotatable bonds is 5. The molecule has 0 fully saturated rings. The quantitative estimate of drug-likeness (QED) is 0.161. The molecule has 0 unspecified atom stereocenters. The molecule has 8 aromatic rings. The van der Waals surface area contributed by atoms with E-state index < -0.39 is 0 Å². The summed E-state index contributed by atoms with van der Waals surface area (Å²) in [5, 5.41) is 0.